The van der Waals surface area contributed by atoms with Crippen LogP contribution in [0.5, 0.6) is 34.5 Å². The van der Waals surface area contributed by atoms with Gasteiger partial charge in [-0.1, -0.05) is 42.3 Å². The molecule has 0 saturated heterocycles. The highest BCUT2D eigenvalue weighted by Gasteiger charge is 2.66. The summed E-state index contributed by atoms with van der Waals surface area (Å²) in [5.41, 5.74) is 2.44. The second-order valence-electron chi connectivity index (χ2n) is 16.7. The van der Waals surface area contributed by atoms with E-state index in [9.17, 15) is 30.4 Å². The second-order valence-corrected chi connectivity index (χ2v) is 16.7. The Bertz CT molecular complexity index is 2530. The van der Waals surface area contributed by atoms with Crippen molar-refractivity contribution in [2.75, 3.05) is 33.7 Å². The van der Waals surface area contributed by atoms with E-state index in [2.05, 4.69) is 17.8 Å². The molecule has 2 heterocycles. The van der Waals surface area contributed by atoms with Gasteiger partial charge in [0.25, 0.3) is 11.4 Å². The minimum atomic E-state index is -1.66. The molecule has 18 heteroatoms. The maximum absolute atomic E-state index is 15.0. The summed E-state index contributed by atoms with van der Waals surface area (Å²) >= 11 is 0. The first-order chi connectivity index (χ1) is 32.6. The summed E-state index contributed by atoms with van der Waals surface area (Å²) in [5.74, 6) is -0.717. The highest BCUT2D eigenvalue weighted by molar-refractivity contribution is 6.03. The molecule has 352 valence electrons. The molecule has 1 amide bonds. The van der Waals surface area contributed by atoms with E-state index >= 15 is 4.79 Å². The van der Waals surface area contributed by atoms with Crippen molar-refractivity contribution in [1.82, 2.24) is 4.90 Å². The summed E-state index contributed by atoms with van der Waals surface area (Å²) in [6.45, 7) is 4.00. The van der Waals surface area contributed by atoms with Crippen molar-refractivity contribution in [3.05, 3.63) is 141 Å². The fraction of sp³-hybridized carbons (Fsp3) is 0.388. The summed E-state index contributed by atoms with van der Waals surface area (Å²) in [4.78, 5) is 44.3. The molecule has 0 radical (unpaired) electrons. The molecular formula is C49H52N4O14. The molecule has 4 aromatic carbocycles. The average molecular weight is 921 g/mol. The van der Waals surface area contributed by atoms with E-state index in [1.54, 1.807) is 42.5 Å². The Morgan fingerprint density at radius 1 is 0.881 bits per heavy atom. The predicted octanol–water partition coefficient (Wildman–Crippen LogP) is 8.99. The van der Waals surface area contributed by atoms with E-state index < -0.39 is 39.6 Å². The first kappa shape index (κ1) is 46.5. The zero-order chi connectivity index (χ0) is 47.1. The zero-order valence-corrected chi connectivity index (χ0v) is 36.9. The molecule has 67 heavy (non-hydrogen) atoms. The first-order valence-corrected chi connectivity index (χ1v) is 22.2. The van der Waals surface area contributed by atoms with Gasteiger partial charge in [0, 0.05) is 55.9 Å². The van der Waals surface area contributed by atoms with Crippen molar-refractivity contribution in [1.29, 1.82) is 0 Å². The Balaban J connectivity index is 1.32. The number of oxime groups is 1. The van der Waals surface area contributed by atoms with Crippen LogP contribution in [0.15, 0.2) is 114 Å². The molecule has 1 fully saturated rings. The van der Waals surface area contributed by atoms with Crippen LogP contribution in [0.25, 0.3) is 0 Å². The number of carbonyl (C=O) groups excluding carboxylic acids is 1. The lowest BCUT2D eigenvalue weighted by Gasteiger charge is -2.59. The van der Waals surface area contributed by atoms with Crippen LogP contribution in [-0.2, 0) is 16.1 Å². The first-order valence-electron chi connectivity index (χ1n) is 22.2. The van der Waals surface area contributed by atoms with Crippen molar-refractivity contribution in [2.45, 2.75) is 69.2 Å². The maximum Gasteiger partial charge on any atom is 0.416 e. The Morgan fingerprint density at radius 3 is 2.33 bits per heavy atom. The van der Waals surface area contributed by atoms with Gasteiger partial charge in [0.05, 0.1) is 34.1 Å². The lowest BCUT2D eigenvalue weighted by Crippen LogP contribution is -2.70. The summed E-state index contributed by atoms with van der Waals surface area (Å²) in [7, 11) is 1.45. The average Bonchev–Trinajstić information content (AvgIpc) is 3.80. The van der Waals surface area contributed by atoms with Crippen molar-refractivity contribution >= 4 is 23.2 Å². The quantitative estimate of drug-likeness (QED) is 0.0365. The summed E-state index contributed by atoms with van der Waals surface area (Å²) in [5, 5.41) is 47.7. The summed E-state index contributed by atoms with van der Waals surface area (Å²) < 4.78 is 38.0. The minimum Gasteiger partial charge on any atom is -0.459 e. The van der Waals surface area contributed by atoms with Gasteiger partial charge in [0.15, 0.2) is 11.5 Å². The number of unbranched alkanes of at least 4 members (excludes halogenated alkanes) is 2. The number of nitrogens with zero attached hydrogens (tertiary/aromatic N) is 4. The number of hydrogen-bond acceptors (Lipinski definition) is 15. The number of carbonyl (C=O) groups is 1. The van der Waals surface area contributed by atoms with E-state index in [4.69, 9.17) is 33.3 Å². The molecule has 0 spiro atoms. The van der Waals surface area contributed by atoms with Crippen LogP contribution >= 0.6 is 0 Å². The van der Waals surface area contributed by atoms with Crippen LogP contribution in [0.1, 0.15) is 62.0 Å². The number of amides is 1. The Labute approximate surface area is 386 Å². The van der Waals surface area contributed by atoms with Crippen LogP contribution in [-0.4, -0.2) is 82.3 Å². The van der Waals surface area contributed by atoms with Crippen molar-refractivity contribution in [3.63, 3.8) is 0 Å². The summed E-state index contributed by atoms with van der Waals surface area (Å²) in [6, 6.07) is 20.8. The van der Waals surface area contributed by atoms with E-state index in [-0.39, 0.29) is 74.3 Å². The van der Waals surface area contributed by atoms with Gasteiger partial charge in [-0.3, -0.25) is 25.1 Å². The third kappa shape index (κ3) is 9.77. The molecule has 2 aliphatic heterocycles. The van der Waals surface area contributed by atoms with Crippen LogP contribution in [0.4, 0.5) is 16.2 Å². The molecule has 6 atom stereocenters. The highest BCUT2D eigenvalue weighted by atomic mass is 16.7. The SMILES string of the molecule is C=CCO[C@@]12Oc3ccc(Oc4cccc([N+](=O)[O-])c4)cc3[C@H]3[C@H](CCCCO)[C@@H](CCCCO)C=C(C(=NOC)C[C@@H]1N(Cc1ccc4c(c1)OCO4)C(=O)Oc1ccc([N+](=O)[O-])cc1)[C@H]32. The normalized spacial score (nSPS) is 22.6. The maximum atomic E-state index is 15.0. The zero-order valence-electron chi connectivity index (χ0n) is 36.9. The number of ether oxygens (including phenoxy) is 6. The summed E-state index contributed by atoms with van der Waals surface area (Å²) in [6.07, 6.45) is 7.02. The Hall–Kier alpha value is -7.02. The van der Waals surface area contributed by atoms with Crippen LogP contribution in [0.3, 0.4) is 0 Å². The number of benzene rings is 4. The third-order valence-electron chi connectivity index (χ3n) is 12.8. The van der Waals surface area contributed by atoms with Gasteiger partial charge in [0.2, 0.25) is 12.6 Å². The van der Waals surface area contributed by atoms with Crippen molar-refractivity contribution in [3.8, 4) is 34.5 Å². The molecular weight excluding hydrogens is 869 g/mol. The van der Waals surface area contributed by atoms with Gasteiger partial charge in [-0.2, -0.15) is 0 Å². The number of non-ortho nitro benzene ring substituents is 2. The number of aliphatic hydroxyl groups excluding tert-OH is 2. The largest absolute Gasteiger partial charge is 0.459 e. The fourth-order valence-electron chi connectivity index (χ4n) is 9.95. The van der Waals surface area contributed by atoms with E-state index in [0.717, 1.165) is 24.0 Å². The van der Waals surface area contributed by atoms with Gasteiger partial charge in [-0.05, 0) is 97.2 Å². The molecule has 0 bridgehead atoms. The molecule has 2 aliphatic carbocycles. The second kappa shape index (κ2) is 20.7. The van der Waals surface area contributed by atoms with Gasteiger partial charge in [0.1, 0.15) is 36.1 Å². The van der Waals surface area contributed by atoms with Gasteiger partial charge in [-0.15, -0.1) is 6.58 Å². The number of nitro groups is 2. The molecule has 0 aromatic heterocycles. The third-order valence-corrected chi connectivity index (χ3v) is 12.8. The molecule has 2 N–H and O–H groups in total. The van der Waals surface area contributed by atoms with Crippen LogP contribution in [0.2, 0.25) is 0 Å². The topological polar surface area (TPSA) is 224 Å². The smallest absolute Gasteiger partial charge is 0.416 e. The molecule has 18 nitrogen and oxygen atoms in total. The van der Waals surface area contributed by atoms with Gasteiger partial charge >= 0.3 is 6.09 Å². The monoisotopic (exact) mass is 920 g/mol. The number of aliphatic hydroxyl groups is 2. The number of nitro benzene ring substituents is 2. The van der Waals surface area contributed by atoms with Gasteiger partial charge in [-0.25, -0.2) is 4.79 Å². The number of hydrogen-bond donors (Lipinski definition) is 2. The number of allylic oxidation sites excluding steroid dienone is 1. The van der Waals surface area contributed by atoms with E-state index in [0.29, 0.717) is 60.0 Å². The van der Waals surface area contributed by atoms with E-state index in [1.807, 2.05) is 12.1 Å². The number of rotatable bonds is 20. The molecule has 4 aromatic rings. The molecule has 4 aliphatic rings. The standard InChI is InChI=1S/C49H52N4O14/c1-3-23-64-49-45(51(29-31-13-19-43-44(24-31)63-30-62-43)48(56)66-35-16-14-33(15-17-35)52(57)58)28-41(50-61-2)39-25-32(9-4-6-21-54)38(12-5-7-22-55)46(47(39)49)40-27-37(18-20-42(40)67-49)65-36-11-8-10-34(26-36)53(59)60/h3,8,10-11,13-20,24-27,32,38,45-47,54-55H,1,4-7,9,12,21-23,28-30H2,2H3/t32-,38+,45-,46+,47+,49+/m0/s1. The Kier molecular flexibility index (Phi) is 14.3. The van der Waals surface area contributed by atoms with Crippen molar-refractivity contribution < 1.29 is 58.1 Å². The molecule has 1 saturated carbocycles. The predicted molar refractivity (Wildman–Crippen MR) is 242 cm³/mol. The Morgan fingerprint density at radius 2 is 1.60 bits per heavy atom. The molecule has 8 rings (SSSR count). The number of fused-ring (bicyclic) bond motifs is 3. The van der Waals surface area contributed by atoms with Gasteiger partial charge < -0.3 is 43.5 Å². The van der Waals surface area contributed by atoms with Crippen LogP contribution in [0, 0.1) is 38.0 Å². The fourth-order valence-corrected chi connectivity index (χ4v) is 9.95. The lowest BCUT2D eigenvalue weighted by atomic mass is 9.55. The molecule has 0 unspecified atom stereocenters. The lowest BCUT2D eigenvalue weighted by molar-refractivity contribution is -0.385. The van der Waals surface area contributed by atoms with Crippen LogP contribution < -0.4 is 23.7 Å². The minimum absolute atomic E-state index is 0.00254. The van der Waals surface area contributed by atoms with E-state index in [1.165, 1.54) is 48.4 Å². The highest BCUT2D eigenvalue weighted by Crippen LogP contribution is 2.62. The van der Waals surface area contributed by atoms with Crippen molar-refractivity contribution in [2.24, 2.45) is 22.9 Å².